The Bertz CT molecular complexity index is 1270. The van der Waals surface area contributed by atoms with Crippen LogP contribution in [-0.4, -0.2) is 67.6 Å². The summed E-state index contributed by atoms with van der Waals surface area (Å²) in [7, 11) is 1.48. The van der Waals surface area contributed by atoms with Crippen LogP contribution < -0.4 is 14.4 Å². The number of benzene rings is 2. The van der Waals surface area contributed by atoms with E-state index in [-0.39, 0.29) is 24.3 Å². The highest BCUT2D eigenvalue weighted by molar-refractivity contribution is 6.50. The van der Waals surface area contributed by atoms with Crippen molar-refractivity contribution in [2.75, 3.05) is 44.9 Å². The highest BCUT2D eigenvalue weighted by Crippen LogP contribution is 2.53. The molecule has 0 aromatic heterocycles. The highest BCUT2D eigenvalue weighted by Gasteiger charge is 2.66. The lowest BCUT2D eigenvalue weighted by atomic mass is 9.82. The largest absolute Gasteiger partial charge is 0.507 e. The van der Waals surface area contributed by atoms with Crippen molar-refractivity contribution in [3.63, 3.8) is 0 Å². The number of rotatable bonds is 7. The molecule has 3 aliphatic heterocycles. The van der Waals surface area contributed by atoms with Gasteiger partial charge in [0, 0.05) is 31.3 Å². The molecule has 1 N–H and O–H groups in total. The van der Waals surface area contributed by atoms with Gasteiger partial charge in [0.1, 0.15) is 19.0 Å². The number of aliphatic hydroxyl groups excluding tert-OH is 1. The van der Waals surface area contributed by atoms with E-state index in [1.165, 1.54) is 12.0 Å². The highest BCUT2D eigenvalue weighted by atomic mass is 16.6. The van der Waals surface area contributed by atoms with Gasteiger partial charge in [0.2, 0.25) is 0 Å². The maximum absolute atomic E-state index is 14.3. The van der Waals surface area contributed by atoms with Gasteiger partial charge >= 0.3 is 0 Å². The third kappa shape index (κ3) is 3.37. The predicted octanol–water partition coefficient (Wildman–Crippen LogP) is 2.83. The van der Waals surface area contributed by atoms with E-state index in [1.807, 2.05) is 13.0 Å². The van der Waals surface area contributed by atoms with Crippen molar-refractivity contribution in [1.29, 1.82) is 0 Å². The molecule has 3 aliphatic rings. The summed E-state index contributed by atoms with van der Waals surface area (Å²) >= 11 is 0. The van der Waals surface area contributed by atoms with Crippen LogP contribution in [0.3, 0.4) is 0 Å². The average Bonchev–Trinajstić information content (AvgIpc) is 3.28. The number of nitrogens with zero attached hydrogens (tertiary/aromatic N) is 2. The number of aliphatic hydroxyl groups is 1. The number of ether oxygens (including phenoxy) is 3. The molecular weight excluding hydrogens is 464 g/mol. The van der Waals surface area contributed by atoms with Gasteiger partial charge in [-0.1, -0.05) is 31.5 Å². The number of amides is 2. The molecule has 9 heteroatoms. The molecule has 5 rings (SSSR count). The fourth-order valence-corrected chi connectivity index (χ4v) is 5.22. The van der Waals surface area contributed by atoms with Gasteiger partial charge in [-0.15, -0.1) is 0 Å². The topological polar surface area (TPSA) is 106 Å². The Morgan fingerprint density at radius 3 is 2.56 bits per heavy atom. The molecule has 9 nitrogen and oxygen atoms in total. The second-order valence-corrected chi connectivity index (χ2v) is 8.90. The molecular formula is C27H28N2O7. The van der Waals surface area contributed by atoms with Crippen molar-refractivity contribution >= 4 is 29.0 Å². The fourth-order valence-electron chi connectivity index (χ4n) is 5.22. The van der Waals surface area contributed by atoms with E-state index >= 15 is 0 Å². The zero-order chi connectivity index (χ0) is 25.4. The van der Waals surface area contributed by atoms with Crippen LogP contribution >= 0.6 is 0 Å². The SMILES string of the molecule is CCCCN1C(=O)[C@@]2(C(=C(O)c3ccc4c(c3)OCCO4)C(=O)C(=O)N2CCOC)c2ccccc21. The van der Waals surface area contributed by atoms with E-state index in [1.54, 1.807) is 41.3 Å². The van der Waals surface area contributed by atoms with Crippen LogP contribution in [0.4, 0.5) is 5.69 Å². The Hall–Kier alpha value is -3.85. The third-order valence-corrected chi connectivity index (χ3v) is 6.88. The van der Waals surface area contributed by atoms with Crippen molar-refractivity contribution in [3.8, 4) is 11.5 Å². The molecule has 36 heavy (non-hydrogen) atoms. The Balaban J connectivity index is 1.76. The summed E-state index contributed by atoms with van der Waals surface area (Å²) in [4.78, 5) is 44.1. The lowest BCUT2D eigenvalue weighted by Crippen LogP contribution is -2.52. The van der Waals surface area contributed by atoms with Gasteiger partial charge in [0.25, 0.3) is 17.6 Å². The minimum Gasteiger partial charge on any atom is -0.507 e. The first-order valence-electron chi connectivity index (χ1n) is 12.1. The fraction of sp³-hybridized carbons (Fsp3) is 0.370. The first-order chi connectivity index (χ1) is 17.5. The van der Waals surface area contributed by atoms with Crippen LogP contribution in [0.5, 0.6) is 11.5 Å². The number of Topliss-reactive ketones (excluding diaryl/α,β-unsaturated/α-hetero) is 1. The summed E-state index contributed by atoms with van der Waals surface area (Å²) < 4.78 is 16.4. The van der Waals surface area contributed by atoms with Crippen molar-refractivity contribution in [1.82, 2.24) is 4.90 Å². The van der Waals surface area contributed by atoms with E-state index in [0.717, 1.165) is 12.8 Å². The molecule has 1 saturated heterocycles. The molecule has 1 atom stereocenters. The number of methoxy groups -OCH3 is 1. The molecule has 1 spiro atoms. The molecule has 2 aromatic carbocycles. The van der Waals surface area contributed by atoms with Crippen molar-refractivity contribution in [3.05, 3.63) is 59.2 Å². The van der Waals surface area contributed by atoms with Crippen molar-refractivity contribution in [2.45, 2.75) is 25.3 Å². The van der Waals surface area contributed by atoms with Gasteiger partial charge in [0.15, 0.2) is 17.0 Å². The van der Waals surface area contributed by atoms with Gasteiger partial charge in [-0.2, -0.15) is 0 Å². The zero-order valence-electron chi connectivity index (χ0n) is 20.3. The molecule has 188 valence electrons. The quantitative estimate of drug-likeness (QED) is 0.360. The summed E-state index contributed by atoms with van der Waals surface area (Å²) in [6, 6.07) is 11.9. The number of carbonyl (C=O) groups excluding carboxylic acids is 3. The number of anilines is 1. The van der Waals surface area contributed by atoms with E-state index in [4.69, 9.17) is 14.2 Å². The van der Waals surface area contributed by atoms with E-state index < -0.39 is 28.9 Å². The molecule has 0 aliphatic carbocycles. The zero-order valence-corrected chi connectivity index (χ0v) is 20.3. The third-order valence-electron chi connectivity index (χ3n) is 6.88. The number of ketones is 1. The molecule has 3 heterocycles. The van der Waals surface area contributed by atoms with Gasteiger partial charge in [0.05, 0.1) is 17.9 Å². The van der Waals surface area contributed by atoms with Crippen LogP contribution in [0.2, 0.25) is 0 Å². The molecule has 2 amide bonds. The summed E-state index contributed by atoms with van der Waals surface area (Å²) in [5.74, 6) is -1.72. The van der Waals surface area contributed by atoms with Crippen LogP contribution in [0.15, 0.2) is 48.0 Å². The first kappa shape index (κ1) is 23.9. The van der Waals surface area contributed by atoms with Crippen molar-refractivity contribution < 1.29 is 33.7 Å². The summed E-state index contributed by atoms with van der Waals surface area (Å²) in [5.41, 5.74) is -0.694. The number of para-hydroxylation sites is 1. The minimum absolute atomic E-state index is 0.000679. The number of hydrogen-bond acceptors (Lipinski definition) is 7. The molecule has 1 fully saturated rings. The monoisotopic (exact) mass is 492 g/mol. The molecule has 0 radical (unpaired) electrons. The van der Waals surface area contributed by atoms with Gasteiger partial charge < -0.3 is 29.1 Å². The van der Waals surface area contributed by atoms with Crippen LogP contribution in [0, 0.1) is 0 Å². The number of fused-ring (bicyclic) bond motifs is 3. The standard InChI is InChI=1S/C27H28N2O7/c1-3-4-11-28-19-8-6-5-7-18(19)27(26(28)33)22(24(31)25(32)29(27)12-13-34-2)23(30)17-9-10-20-21(16-17)36-15-14-35-20/h5-10,16,30H,3-4,11-15H2,1-2H3/t27-/m0/s1. The molecule has 0 saturated carbocycles. The van der Waals surface area contributed by atoms with Crippen molar-refractivity contribution in [2.24, 2.45) is 0 Å². The minimum atomic E-state index is -1.80. The molecule has 0 unspecified atom stereocenters. The summed E-state index contributed by atoms with van der Waals surface area (Å²) in [6.45, 7) is 3.31. The molecule has 0 bridgehead atoms. The number of likely N-dealkylation sites (tertiary alicyclic amines) is 1. The van der Waals surface area contributed by atoms with E-state index in [2.05, 4.69) is 0 Å². The average molecular weight is 493 g/mol. The van der Waals surface area contributed by atoms with Gasteiger partial charge in [-0.05, 0) is 30.7 Å². The van der Waals surface area contributed by atoms with E-state index in [9.17, 15) is 19.5 Å². The number of hydrogen-bond donors (Lipinski definition) is 1. The smallest absolute Gasteiger partial charge is 0.296 e. The Kier molecular flexibility index (Phi) is 6.17. The van der Waals surface area contributed by atoms with Gasteiger partial charge in [-0.25, -0.2) is 0 Å². The lowest BCUT2D eigenvalue weighted by molar-refractivity contribution is -0.144. The van der Waals surface area contributed by atoms with E-state index in [0.29, 0.717) is 42.5 Å². The normalized spacial score (nSPS) is 22.0. The Morgan fingerprint density at radius 2 is 1.81 bits per heavy atom. The second-order valence-electron chi connectivity index (χ2n) is 8.90. The Morgan fingerprint density at radius 1 is 1.06 bits per heavy atom. The van der Waals surface area contributed by atoms with Crippen LogP contribution in [-0.2, 0) is 24.7 Å². The summed E-state index contributed by atoms with van der Waals surface area (Å²) in [6.07, 6.45) is 1.60. The second kappa shape index (κ2) is 9.31. The van der Waals surface area contributed by atoms with Crippen LogP contribution in [0.25, 0.3) is 5.76 Å². The Labute approximate surface area is 208 Å². The molecule has 2 aromatic rings. The summed E-state index contributed by atoms with van der Waals surface area (Å²) in [5, 5.41) is 11.6. The van der Waals surface area contributed by atoms with Crippen LogP contribution in [0.1, 0.15) is 30.9 Å². The lowest BCUT2D eigenvalue weighted by Gasteiger charge is -2.34. The maximum atomic E-state index is 14.3. The number of unbranched alkanes of at least 4 members (excludes halogenated alkanes) is 1. The number of carbonyl (C=O) groups is 3. The first-order valence-corrected chi connectivity index (χ1v) is 12.1. The van der Waals surface area contributed by atoms with Gasteiger partial charge in [-0.3, -0.25) is 14.4 Å². The maximum Gasteiger partial charge on any atom is 0.296 e. The predicted molar refractivity (Wildman–Crippen MR) is 131 cm³/mol.